The molecule has 2 atom stereocenters. The van der Waals surface area contributed by atoms with Crippen LogP contribution < -0.4 is 5.32 Å². The highest BCUT2D eigenvalue weighted by Crippen LogP contribution is 2.20. The Morgan fingerprint density at radius 3 is 2.75 bits per heavy atom. The van der Waals surface area contributed by atoms with Gasteiger partial charge in [0.25, 0.3) is 0 Å². The molecular formula is C15H18N2O3. The summed E-state index contributed by atoms with van der Waals surface area (Å²) in [5.41, 5.74) is 0.841. The molecule has 1 aliphatic rings. The molecule has 0 aliphatic heterocycles. The molecule has 5 nitrogen and oxygen atoms in total. The molecular weight excluding hydrogens is 256 g/mol. The highest BCUT2D eigenvalue weighted by molar-refractivity contribution is 5.84. The van der Waals surface area contributed by atoms with Crippen LogP contribution in [0.2, 0.25) is 0 Å². The number of hydrogen-bond donors (Lipinski definition) is 2. The van der Waals surface area contributed by atoms with Gasteiger partial charge < -0.3 is 10.4 Å². The van der Waals surface area contributed by atoms with E-state index in [1.54, 1.807) is 24.5 Å². The first-order valence-corrected chi connectivity index (χ1v) is 6.73. The number of carboxylic acids is 1. The Hall–Kier alpha value is -2.17. The summed E-state index contributed by atoms with van der Waals surface area (Å²) in [6.07, 6.45) is 9.90. The van der Waals surface area contributed by atoms with E-state index in [1.165, 1.54) is 0 Å². The molecule has 0 fully saturated rings. The standard InChI is InChI=1S/C15H18N2O3/c18-14(10-11-3-1-2-4-11)17-13(15(19)20)9-12-5-7-16-8-6-12/h1,3,5-8,11,13H,2,4,9-10H2,(H,17,18)(H,19,20). The van der Waals surface area contributed by atoms with Gasteiger partial charge >= 0.3 is 5.97 Å². The van der Waals surface area contributed by atoms with Crippen LogP contribution in [0.15, 0.2) is 36.7 Å². The van der Waals surface area contributed by atoms with Gasteiger partial charge in [0.05, 0.1) is 0 Å². The van der Waals surface area contributed by atoms with E-state index >= 15 is 0 Å². The third-order valence-corrected chi connectivity index (χ3v) is 3.38. The smallest absolute Gasteiger partial charge is 0.326 e. The molecule has 5 heteroatoms. The summed E-state index contributed by atoms with van der Waals surface area (Å²) in [7, 11) is 0. The monoisotopic (exact) mass is 274 g/mol. The van der Waals surface area contributed by atoms with Gasteiger partial charge in [-0.3, -0.25) is 9.78 Å². The first kappa shape index (κ1) is 14.2. The molecule has 0 saturated carbocycles. The van der Waals surface area contributed by atoms with Crippen LogP contribution in [0, 0.1) is 5.92 Å². The fourth-order valence-electron chi connectivity index (χ4n) is 2.31. The Kier molecular flexibility index (Phi) is 4.87. The lowest BCUT2D eigenvalue weighted by atomic mass is 10.0. The minimum Gasteiger partial charge on any atom is -0.480 e. The molecule has 0 radical (unpaired) electrons. The summed E-state index contributed by atoms with van der Waals surface area (Å²) in [4.78, 5) is 27.0. The Balaban J connectivity index is 1.90. The Bertz CT molecular complexity index is 499. The number of aliphatic carboxylic acids is 1. The van der Waals surface area contributed by atoms with E-state index in [2.05, 4.69) is 16.4 Å². The van der Waals surface area contributed by atoms with Crippen LogP contribution in [0.3, 0.4) is 0 Å². The number of allylic oxidation sites excluding steroid dienone is 2. The van der Waals surface area contributed by atoms with Crippen molar-refractivity contribution in [1.29, 1.82) is 0 Å². The predicted octanol–water partition coefficient (Wildman–Crippen LogP) is 1.55. The molecule has 1 aromatic rings. The quantitative estimate of drug-likeness (QED) is 0.771. The molecule has 106 valence electrons. The number of aromatic nitrogens is 1. The average Bonchev–Trinajstić information content (AvgIpc) is 2.92. The lowest BCUT2D eigenvalue weighted by Crippen LogP contribution is -2.42. The van der Waals surface area contributed by atoms with Gasteiger partial charge in [0, 0.05) is 25.2 Å². The number of amides is 1. The van der Waals surface area contributed by atoms with Crippen molar-refractivity contribution in [3.63, 3.8) is 0 Å². The van der Waals surface area contributed by atoms with Gasteiger partial charge in [-0.15, -0.1) is 0 Å². The molecule has 0 spiro atoms. The van der Waals surface area contributed by atoms with E-state index in [1.807, 2.05) is 6.08 Å². The molecule has 0 aromatic carbocycles. The zero-order valence-electron chi connectivity index (χ0n) is 11.2. The van der Waals surface area contributed by atoms with Crippen LogP contribution in [0.1, 0.15) is 24.8 Å². The summed E-state index contributed by atoms with van der Waals surface area (Å²) in [5.74, 6) is -0.981. The largest absolute Gasteiger partial charge is 0.480 e. The average molecular weight is 274 g/mol. The first-order chi connectivity index (χ1) is 9.65. The number of pyridine rings is 1. The first-order valence-electron chi connectivity index (χ1n) is 6.73. The summed E-state index contributed by atoms with van der Waals surface area (Å²) in [6, 6.07) is 2.61. The molecule has 2 N–H and O–H groups in total. The minimum atomic E-state index is -1.02. The molecule has 2 rings (SSSR count). The molecule has 0 bridgehead atoms. The van der Waals surface area contributed by atoms with Crippen molar-refractivity contribution in [3.05, 3.63) is 42.2 Å². The Morgan fingerprint density at radius 1 is 1.40 bits per heavy atom. The Labute approximate surface area is 117 Å². The molecule has 1 aromatic heterocycles. The van der Waals surface area contributed by atoms with Crippen LogP contribution in [0.25, 0.3) is 0 Å². The van der Waals surface area contributed by atoms with Crippen LogP contribution >= 0.6 is 0 Å². The van der Waals surface area contributed by atoms with E-state index in [4.69, 9.17) is 0 Å². The van der Waals surface area contributed by atoms with E-state index in [0.29, 0.717) is 6.42 Å². The molecule has 1 aliphatic carbocycles. The molecule has 0 saturated heterocycles. The second kappa shape index (κ2) is 6.84. The minimum absolute atomic E-state index is 0.206. The molecule has 1 amide bonds. The van der Waals surface area contributed by atoms with Gasteiger partial charge in [-0.05, 0) is 36.5 Å². The van der Waals surface area contributed by atoms with Crippen molar-refractivity contribution < 1.29 is 14.7 Å². The second-order valence-corrected chi connectivity index (χ2v) is 4.99. The number of nitrogens with zero attached hydrogens (tertiary/aromatic N) is 1. The van der Waals surface area contributed by atoms with Gasteiger partial charge in [0.2, 0.25) is 5.91 Å². The van der Waals surface area contributed by atoms with Crippen molar-refractivity contribution in [1.82, 2.24) is 10.3 Å². The lowest BCUT2D eigenvalue weighted by molar-refractivity contribution is -0.141. The zero-order valence-corrected chi connectivity index (χ0v) is 11.2. The fraction of sp³-hybridized carbons (Fsp3) is 0.400. The number of hydrogen-bond acceptors (Lipinski definition) is 3. The topological polar surface area (TPSA) is 79.3 Å². The maximum Gasteiger partial charge on any atom is 0.326 e. The van der Waals surface area contributed by atoms with Gasteiger partial charge in [-0.2, -0.15) is 0 Å². The van der Waals surface area contributed by atoms with Crippen molar-refractivity contribution in [3.8, 4) is 0 Å². The summed E-state index contributed by atoms with van der Waals surface area (Å²) in [5, 5.41) is 11.8. The number of carbonyl (C=O) groups is 2. The van der Waals surface area contributed by atoms with Crippen molar-refractivity contribution in [2.45, 2.75) is 31.7 Å². The fourth-order valence-corrected chi connectivity index (χ4v) is 2.31. The number of carbonyl (C=O) groups excluding carboxylic acids is 1. The summed E-state index contributed by atoms with van der Waals surface area (Å²) < 4.78 is 0. The van der Waals surface area contributed by atoms with E-state index < -0.39 is 12.0 Å². The second-order valence-electron chi connectivity index (χ2n) is 4.99. The Morgan fingerprint density at radius 2 is 2.15 bits per heavy atom. The number of rotatable bonds is 6. The normalized spacial score (nSPS) is 18.7. The van der Waals surface area contributed by atoms with Crippen LogP contribution in [0.5, 0.6) is 0 Å². The lowest BCUT2D eigenvalue weighted by Gasteiger charge is -2.16. The van der Waals surface area contributed by atoms with Crippen molar-refractivity contribution >= 4 is 11.9 Å². The van der Waals surface area contributed by atoms with Crippen molar-refractivity contribution in [2.75, 3.05) is 0 Å². The summed E-state index contributed by atoms with van der Waals surface area (Å²) >= 11 is 0. The van der Waals surface area contributed by atoms with Crippen LogP contribution in [-0.2, 0) is 16.0 Å². The highest BCUT2D eigenvalue weighted by Gasteiger charge is 2.22. The predicted molar refractivity (Wildman–Crippen MR) is 74.0 cm³/mol. The third kappa shape index (κ3) is 4.19. The zero-order chi connectivity index (χ0) is 14.4. The number of nitrogens with one attached hydrogen (secondary N) is 1. The van der Waals surface area contributed by atoms with Crippen LogP contribution in [0.4, 0.5) is 0 Å². The van der Waals surface area contributed by atoms with Crippen LogP contribution in [-0.4, -0.2) is 28.0 Å². The summed E-state index contributed by atoms with van der Waals surface area (Å²) in [6.45, 7) is 0. The van der Waals surface area contributed by atoms with Gasteiger partial charge in [-0.25, -0.2) is 4.79 Å². The van der Waals surface area contributed by atoms with Gasteiger partial charge in [0.15, 0.2) is 0 Å². The van der Waals surface area contributed by atoms with Gasteiger partial charge in [0.1, 0.15) is 6.04 Å². The maximum atomic E-state index is 11.9. The third-order valence-electron chi connectivity index (χ3n) is 3.38. The van der Waals surface area contributed by atoms with Crippen molar-refractivity contribution in [2.24, 2.45) is 5.92 Å². The molecule has 2 unspecified atom stereocenters. The SMILES string of the molecule is O=C(CC1C=CCC1)NC(Cc1ccncc1)C(=O)O. The molecule has 1 heterocycles. The maximum absolute atomic E-state index is 11.9. The van der Waals surface area contributed by atoms with E-state index in [0.717, 1.165) is 18.4 Å². The molecule has 20 heavy (non-hydrogen) atoms. The van der Waals surface area contributed by atoms with E-state index in [9.17, 15) is 14.7 Å². The number of carboxylic acid groups (broad SMARTS) is 1. The van der Waals surface area contributed by atoms with E-state index in [-0.39, 0.29) is 18.2 Å². The van der Waals surface area contributed by atoms with Gasteiger partial charge in [-0.1, -0.05) is 12.2 Å². The highest BCUT2D eigenvalue weighted by atomic mass is 16.4.